The molecule has 0 aliphatic heterocycles. The number of amides is 1. The number of benzene rings is 1. The van der Waals surface area contributed by atoms with Gasteiger partial charge in [-0.25, -0.2) is 4.98 Å². The van der Waals surface area contributed by atoms with Crippen molar-refractivity contribution in [3.8, 4) is 5.75 Å². The highest BCUT2D eigenvalue weighted by atomic mass is 35.5. The molecular formula is C19H20ClN5O2S. The largest absolute Gasteiger partial charge is 0.483 e. The monoisotopic (exact) mass is 417 g/mol. The van der Waals surface area contributed by atoms with Gasteiger partial charge < -0.3 is 14.6 Å². The van der Waals surface area contributed by atoms with Crippen LogP contribution in [0.3, 0.4) is 0 Å². The number of carbonyl (C=O) groups excluding carboxylic acids is 1. The Kier molecular flexibility index (Phi) is 6.53. The molecule has 0 radical (unpaired) electrons. The predicted octanol–water partition coefficient (Wildman–Crippen LogP) is 4.04. The third kappa shape index (κ3) is 5.24. The van der Waals surface area contributed by atoms with Crippen LogP contribution in [0.4, 0.5) is 5.82 Å². The minimum absolute atomic E-state index is 0.184. The Labute approximate surface area is 172 Å². The first-order chi connectivity index (χ1) is 13.4. The molecule has 0 saturated heterocycles. The van der Waals surface area contributed by atoms with Crippen LogP contribution in [0.2, 0.25) is 5.02 Å². The van der Waals surface area contributed by atoms with Crippen LogP contribution in [0.25, 0.3) is 0 Å². The van der Waals surface area contributed by atoms with Crippen LogP contribution in [0.1, 0.15) is 24.4 Å². The van der Waals surface area contributed by atoms with Gasteiger partial charge in [-0.2, -0.15) is 0 Å². The summed E-state index contributed by atoms with van der Waals surface area (Å²) >= 11 is 7.08. The van der Waals surface area contributed by atoms with Crippen LogP contribution in [-0.2, 0) is 11.8 Å². The van der Waals surface area contributed by atoms with Crippen LogP contribution in [-0.4, -0.2) is 31.4 Å². The molecule has 0 aliphatic carbocycles. The zero-order valence-electron chi connectivity index (χ0n) is 15.7. The fourth-order valence-corrected chi connectivity index (χ4v) is 3.27. The number of aromatic nitrogens is 4. The number of hydrogen-bond acceptors (Lipinski definition) is 6. The SMILES string of the molecule is Cc1ccc(OC(C)c2nnc(SCC(=O)Nc3ccc(Cl)cn3)n2C)cc1. The number of ether oxygens (including phenoxy) is 1. The Morgan fingerprint density at radius 2 is 2.00 bits per heavy atom. The molecule has 0 aliphatic rings. The second-order valence-electron chi connectivity index (χ2n) is 6.17. The fourth-order valence-electron chi connectivity index (χ4n) is 2.44. The molecule has 2 heterocycles. The molecule has 28 heavy (non-hydrogen) atoms. The third-order valence-electron chi connectivity index (χ3n) is 3.89. The van der Waals surface area contributed by atoms with Gasteiger partial charge in [0.2, 0.25) is 5.91 Å². The van der Waals surface area contributed by atoms with Crippen LogP contribution in [0.15, 0.2) is 47.8 Å². The number of nitrogens with one attached hydrogen (secondary N) is 1. The van der Waals surface area contributed by atoms with E-state index >= 15 is 0 Å². The van der Waals surface area contributed by atoms with Gasteiger partial charge in [-0.05, 0) is 38.1 Å². The maximum atomic E-state index is 12.1. The van der Waals surface area contributed by atoms with E-state index in [1.807, 2.05) is 49.7 Å². The van der Waals surface area contributed by atoms with Crippen molar-refractivity contribution in [1.29, 1.82) is 0 Å². The molecule has 3 aromatic rings. The minimum atomic E-state index is -0.276. The van der Waals surface area contributed by atoms with E-state index in [2.05, 4.69) is 20.5 Å². The number of carbonyl (C=O) groups is 1. The molecule has 3 rings (SSSR count). The molecule has 1 amide bonds. The van der Waals surface area contributed by atoms with Gasteiger partial charge in [-0.15, -0.1) is 10.2 Å². The van der Waals surface area contributed by atoms with Crippen molar-refractivity contribution >= 4 is 35.1 Å². The molecule has 9 heteroatoms. The van der Waals surface area contributed by atoms with Gasteiger partial charge in [0.15, 0.2) is 17.1 Å². The van der Waals surface area contributed by atoms with Crippen molar-refractivity contribution in [3.63, 3.8) is 0 Å². The first-order valence-electron chi connectivity index (χ1n) is 8.59. The summed E-state index contributed by atoms with van der Waals surface area (Å²) in [5.74, 6) is 1.90. The molecule has 0 spiro atoms. The number of halogens is 1. The zero-order valence-corrected chi connectivity index (χ0v) is 17.3. The molecule has 2 aromatic heterocycles. The van der Waals surface area contributed by atoms with Crippen molar-refractivity contribution < 1.29 is 9.53 Å². The molecule has 7 nitrogen and oxygen atoms in total. The van der Waals surface area contributed by atoms with Gasteiger partial charge in [0.05, 0.1) is 10.8 Å². The highest BCUT2D eigenvalue weighted by Crippen LogP contribution is 2.24. The molecule has 1 N–H and O–H groups in total. The van der Waals surface area contributed by atoms with E-state index in [0.29, 0.717) is 21.8 Å². The second-order valence-corrected chi connectivity index (χ2v) is 7.55. The first-order valence-corrected chi connectivity index (χ1v) is 9.95. The van der Waals surface area contributed by atoms with Crippen LogP contribution in [0.5, 0.6) is 5.75 Å². The smallest absolute Gasteiger partial charge is 0.236 e. The van der Waals surface area contributed by atoms with Gasteiger partial charge >= 0.3 is 0 Å². The number of rotatable bonds is 7. The van der Waals surface area contributed by atoms with Crippen molar-refractivity contribution in [2.24, 2.45) is 7.05 Å². The molecule has 0 saturated carbocycles. The lowest BCUT2D eigenvalue weighted by atomic mass is 10.2. The van der Waals surface area contributed by atoms with E-state index in [1.165, 1.54) is 23.5 Å². The van der Waals surface area contributed by atoms with Crippen LogP contribution in [0, 0.1) is 6.92 Å². The zero-order chi connectivity index (χ0) is 20.1. The summed E-state index contributed by atoms with van der Waals surface area (Å²) in [7, 11) is 1.85. The van der Waals surface area contributed by atoms with E-state index < -0.39 is 0 Å². The molecule has 1 aromatic carbocycles. The molecule has 1 unspecified atom stereocenters. The van der Waals surface area contributed by atoms with Crippen molar-refractivity contribution in [3.05, 3.63) is 59.0 Å². The number of hydrogen-bond donors (Lipinski definition) is 1. The Bertz CT molecular complexity index is 944. The summed E-state index contributed by atoms with van der Waals surface area (Å²) in [5, 5.41) is 12.2. The first kappa shape index (κ1) is 20.2. The Morgan fingerprint density at radius 3 is 2.68 bits per heavy atom. The third-order valence-corrected chi connectivity index (χ3v) is 5.14. The number of nitrogens with zero attached hydrogens (tertiary/aromatic N) is 4. The lowest BCUT2D eigenvalue weighted by Gasteiger charge is -2.14. The summed E-state index contributed by atoms with van der Waals surface area (Å²) in [6.45, 7) is 3.94. The summed E-state index contributed by atoms with van der Waals surface area (Å²) in [4.78, 5) is 16.1. The van der Waals surface area contributed by atoms with E-state index in [4.69, 9.17) is 16.3 Å². The maximum Gasteiger partial charge on any atom is 0.236 e. The molecule has 0 fully saturated rings. The summed E-state index contributed by atoms with van der Waals surface area (Å²) < 4.78 is 7.76. The molecule has 0 bridgehead atoms. The Hall–Kier alpha value is -2.58. The highest BCUT2D eigenvalue weighted by Gasteiger charge is 2.18. The van der Waals surface area contributed by atoms with Gasteiger partial charge in [0.1, 0.15) is 11.6 Å². The fraction of sp³-hybridized carbons (Fsp3) is 0.263. The number of pyridine rings is 1. The lowest BCUT2D eigenvalue weighted by Crippen LogP contribution is -2.15. The van der Waals surface area contributed by atoms with Gasteiger partial charge in [-0.3, -0.25) is 4.79 Å². The van der Waals surface area contributed by atoms with Crippen LogP contribution >= 0.6 is 23.4 Å². The maximum absolute atomic E-state index is 12.1. The van der Waals surface area contributed by atoms with Crippen LogP contribution < -0.4 is 10.1 Å². The van der Waals surface area contributed by atoms with Crippen molar-refractivity contribution in [2.75, 3.05) is 11.1 Å². The normalized spacial score (nSPS) is 11.9. The highest BCUT2D eigenvalue weighted by molar-refractivity contribution is 7.99. The number of thioether (sulfide) groups is 1. The topological polar surface area (TPSA) is 81.9 Å². The average Bonchev–Trinajstić information content (AvgIpc) is 3.04. The number of anilines is 1. The molecule has 1 atom stereocenters. The van der Waals surface area contributed by atoms with Gasteiger partial charge in [0, 0.05) is 13.2 Å². The Balaban J connectivity index is 1.57. The van der Waals surface area contributed by atoms with Gasteiger partial charge in [0.25, 0.3) is 0 Å². The van der Waals surface area contributed by atoms with E-state index in [0.717, 1.165) is 5.75 Å². The standard InChI is InChI=1S/C19H20ClN5O2S/c1-12-4-7-15(8-5-12)27-13(2)18-23-24-19(25(18)3)28-11-17(26)22-16-9-6-14(20)10-21-16/h4-10,13H,11H2,1-3H3,(H,21,22,26). The summed E-state index contributed by atoms with van der Waals surface area (Å²) in [6, 6.07) is 11.2. The van der Waals surface area contributed by atoms with E-state index in [1.54, 1.807) is 12.1 Å². The van der Waals surface area contributed by atoms with Crippen molar-refractivity contribution in [1.82, 2.24) is 19.7 Å². The average molecular weight is 418 g/mol. The predicted molar refractivity (Wildman–Crippen MR) is 110 cm³/mol. The number of aryl methyl sites for hydroxylation is 1. The minimum Gasteiger partial charge on any atom is -0.483 e. The Morgan fingerprint density at radius 1 is 1.25 bits per heavy atom. The van der Waals surface area contributed by atoms with Gasteiger partial charge in [-0.1, -0.05) is 41.1 Å². The quantitative estimate of drug-likeness (QED) is 0.584. The van der Waals surface area contributed by atoms with E-state index in [-0.39, 0.29) is 17.8 Å². The van der Waals surface area contributed by atoms with Crippen molar-refractivity contribution in [2.45, 2.75) is 25.1 Å². The lowest BCUT2D eigenvalue weighted by molar-refractivity contribution is -0.113. The van der Waals surface area contributed by atoms with E-state index in [9.17, 15) is 4.79 Å². The summed E-state index contributed by atoms with van der Waals surface area (Å²) in [5.41, 5.74) is 1.17. The summed E-state index contributed by atoms with van der Waals surface area (Å²) in [6.07, 6.45) is 1.20. The second kappa shape index (κ2) is 9.07. The molecular weight excluding hydrogens is 398 g/mol. The molecule has 146 valence electrons.